The summed E-state index contributed by atoms with van der Waals surface area (Å²) in [5.41, 5.74) is 7.18. The molecule has 1 aliphatic rings. The van der Waals surface area contributed by atoms with E-state index in [0.717, 1.165) is 43.2 Å². The molecule has 1 aliphatic heterocycles. The first-order valence-corrected chi connectivity index (χ1v) is 7.03. The predicted molar refractivity (Wildman–Crippen MR) is 80.4 cm³/mol. The maximum absolute atomic E-state index is 6.02. The van der Waals surface area contributed by atoms with Crippen molar-refractivity contribution in [2.75, 3.05) is 54.0 Å². The summed E-state index contributed by atoms with van der Waals surface area (Å²) in [4.78, 5) is 4.78. The highest BCUT2D eigenvalue weighted by Gasteiger charge is 2.23. The first-order valence-electron chi connectivity index (χ1n) is 7.03. The number of ether oxygens (including phenoxy) is 2. The van der Waals surface area contributed by atoms with Crippen LogP contribution in [0.3, 0.4) is 0 Å². The average Bonchev–Trinajstić information content (AvgIpc) is 2.49. The van der Waals surface area contributed by atoms with E-state index in [-0.39, 0.29) is 6.04 Å². The van der Waals surface area contributed by atoms with Gasteiger partial charge in [-0.3, -0.25) is 4.90 Å². The highest BCUT2D eigenvalue weighted by Crippen LogP contribution is 2.29. The third-order valence-electron chi connectivity index (χ3n) is 3.96. The molecule has 1 fully saturated rings. The van der Waals surface area contributed by atoms with Crippen molar-refractivity contribution in [2.24, 2.45) is 5.73 Å². The summed E-state index contributed by atoms with van der Waals surface area (Å²) in [5.74, 6) is 1.62. The molecule has 0 spiro atoms. The van der Waals surface area contributed by atoms with Crippen molar-refractivity contribution >= 4 is 0 Å². The fraction of sp³-hybridized carbons (Fsp3) is 0.600. The van der Waals surface area contributed by atoms with Gasteiger partial charge in [0, 0.05) is 44.8 Å². The van der Waals surface area contributed by atoms with Gasteiger partial charge in [-0.1, -0.05) is 0 Å². The van der Waals surface area contributed by atoms with E-state index in [1.165, 1.54) is 0 Å². The molecule has 1 saturated heterocycles. The number of hydrogen-bond donors (Lipinski definition) is 1. The molecule has 1 unspecified atom stereocenters. The Kier molecular flexibility index (Phi) is 5.23. The van der Waals surface area contributed by atoms with Crippen LogP contribution in [-0.4, -0.2) is 63.8 Å². The first-order chi connectivity index (χ1) is 9.67. The van der Waals surface area contributed by atoms with E-state index < -0.39 is 0 Å². The number of hydrogen-bond acceptors (Lipinski definition) is 5. The second-order valence-corrected chi connectivity index (χ2v) is 5.24. The third kappa shape index (κ3) is 3.42. The van der Waals surface area contributed by atoms with Gasteiger partial charge in [0.15, 0.2) is 0 Å². The van der Waals surface area contributed by atoms with Crippen molar-refractivity contribution < 1.29 is 9.47 Å². The molecule has 0 saturated carbocycles. The summed E-state index contributed by atoms with van der Waals surface area (Å²) >= 11 is 0. The van der Waals surface area contributed by atoms with E-state index in [9.17, 15) is 0 Å². The topological polar surface area (TPSA) is 51.0 Å². The van der Waals surface area contributed by atoms with Crippen LogP contribution in [-0.2, 0) is 0 Å². The van der Waals surface area contributed by atoms with Gasteiger partial charge in [0.05, 0.1) is 14.2 Å². The summed E-state index contributed by atoms with van der Waals surface area (Å²) in [5, 5.41) is 0. The summed E-state index contributed by atoms with van der Waals surface area (Å²) in [6.45, 7) is 4.84. The molecule has 0 aliphatic carbocycles. The zero-order valence-corrected chi connectivity index (χ0v) is 12.6. The van der Waals surface area contributed by atoms with Gasteiger partial charge in [0.25, 0.3) is 0 Å². The normalized spacial score (nSPS) is 18.8. The molecule has 112 valence electrons. The van der Waals surface area contributed by atoms with E-state index in [2.05, 4.69) is 29.0 Å². The van der Waals surface area contributed by atoms with Crippen molar-refractivity contribution in [3.05, 3.63) is 23.8 Å². The van der Waals surface area contributed by atoms with Crippen molar-refractivity contribution in [1.29, 1.82) is 0 Å². The maximum Gasteiger partial charge on any atom is 0.122 e. The van der Waals surface area contributed by atoms with Crippen LogP contribution in [0.4, 0.5) is 0 Å². The number of nitrogens with two attached hydrogens (primary N) is 1. The van der Waals surface area contributed by atoms with Gasteiger partial charge in [-0.15, -0.1) is 0 Å². The highest BCUT2D eigenvalue weighted by molar-refractivity contribution is 5.40. The van der Waals surface area contributed by atoms with Gasteiger partial charge in [0.1, 0.15) is 11.5 Å². The Morgan fingerprint density at radius 1 is 1.05 bits per heavy atom. The minimum Gasteiger partial charge on any atom is -0.497 e. The summed E-state index contributed by atoms with van der Waals surface area (Å²) < 4.78 is 10.7. The number of methoxy groups -OCH3 is 2. The second-order valence-electron chi connectivity index (χ2n) is 5.24. The summed E-state index contributed by atoms with van der Waals surface area (Å²) in [7, 11) is 5.50. The minimum atomic E-state index is 0.215. The lowest BCUT2D eigenvalue weighted by Gasteiger charge is -2.37. The molecule has 1 heterocycles. The van der Waals surface area contributed by atoms with Crippen LogP contribution >= 0.6 is 0 Å². The molecular weight excluding hydrogens is 254 g/mol. The molecule has 1 aromatic rings. The largest absolute Gasteiger partial charge is 0.497 e. The second kappa shape index (κ2) is 6.92. The summed E-state index contributed by atoms with van der Waals surface area (Å²) in [6.07, 6.45) is 0. The van der Waals surface area contributed by atoms with Gasteiger partial charge >= 0.3 is 0 Å². The van der Waals surface area contributed by atoms with E-state index in [1.807, 2.05) is 6.07 Å². The van der Waals surface area contributed by atoms with Gasteiger partial charge in [0.2, 0.25) is 0 Å². The number of rotatable bonds is 5. The third-order valence-corrected chi connectivity index (χ3v) is 3.96. The minimum absolute atomic E-state index is 0.215. The monoisotopic (exact) mass is 279 g/mol. The molecule has 0 radical (unpaired) electrons. The van der Waals surface area contributed by atoms with Crippen molar-refractivity contribution in [2.45, 2.75) is 6.04 Å². The van der Waals surface area contributed by atoms with Crippen molar-refractivity contribution in [3.63, 3.8) is 0 Å². The summed E-state index contributed by atoms with van der Waals surface area (Å²) in [6, 6.07) is 6.21. The molecule has 0 aromatic heterocycles. The zero-order valence-electron chi connectivity index (χ0n) is 12.6. The van der Waals surface area contributed by atoms with Gasteiger partial charge in [-0.05, 0) is 24.7 Å². The predicted octanol–water partition coefficient (Wildman–Crippen LogP) is 0.951. The molecule has 0 amide bonds. The van der Waals surface area contributed by atoms with Gasteiger partial charge < -0.3 is 20.1 Å². The SMILES string of the molecule is COc1cc(OC)cc(C(CN)N2CCN(C)CC2)c1. The number of likely N-dealkylation sites (N-methyl/N-ethyl adjacent to an activating group) is 1. The Labute approximate surface area is 121 Å². The van der Waals surface area contributed by atoms with Crippen molar-refractivity contribution in [3.8, 4) is 11.5 Å². The average molecular weight is 279 g/mol. The van der Waals surface area contributed by atoms with Gasteiger partial charge in [-0.2, -0.15) is 0 Å². The van der Waals surface area contributed by atoms with Gasteiger partial charge in [-0.25, -0.2) is 0 Å². The Balaban J connectivity index is 2.22. The lowest BCUT2D eigenvalue weighted by atomic mass is 10.0. The maximum atomic E-state index is 6.02. The molecular formula is C15H25N3O2. The molecule has 5 nitrogen and oxygen atoms in total. The standard InChI is InChI=1S/C15H25N3O2/c1-17-4-6-18(7-5-17)15(11-16)12-8-13(19-2)10-14(9-12)20-3/h8-10,15H,4-7,11,16H2,1-3H3. The molecule has 1 aromatic carbocycles. The van der Waals surface area contributed by atoms with Crippen LogP contribution in [0.25, 0.3) is 0 Å². The van der Waals surface area contributed by atoms with Crippen LogP contribution in [0, 0.1) is 0 Å². The quantitative estimate of drug-likeness (QED) is 0.870. The van der Waals surface area contributed by atoms with Crippen LogP contribution in [0.1, 0.15) is 11.6 Å². The lowest BCUT2D eigenvalue weighted by Crippen LogP contribution is -2.47. The fourth-order valence-electron chi connectivity index (χ4n) is 2.65. The number of benzene rings is 1. The Hall–Kier alpha value is -1.30. The van der Waals surface area contributed by atoms with E-state index in [0.29, 0.717) is 6.54 Å². The van der Waals surface area contributed by atoms with Crippen LogP contribution in [0.5, 0.6) is 11.5 Å². The zero-order chi connectivity index (χ0) is 14.5. The Bertz CT molecular complexity index is 409. The van der Waals surface area contributed by atoms with Crippen molar-refractivity contribution in [1.82, 2.24) is 9.80 Å². The molecule has 1 atom stereocenters. The highest BCUT2D eigenvalue weighted by atomic mass is 16.5. The van der Waals surface area contributed by atoms with Crippen LogP contribution in [0.2, 0.25) is 0 Å². The molecule has 5 heteroatoms. The molecule has 2 rings (SSSR count). The Morgan fingerprint density at radius 3 is 2.05 bits per heavy atom. The first kappa shape index (κ1) is 15.1. The smallest absolute Gasteiger partial charge is 0.122 e. The molecule has 0 bridgehead atoms. The molecule has 2 N–H and O–H groups in total. The molecule has 20 heavy (non-hydrogen) atoms. The van der Waals surface area contributed by atoms with E-state index >= 15 is 0 Å². The fourth-order valence-corrected chi connectivity index (χ4v) is 2.65. The lowest BCUT2D eigenvalue weighted by molar-refractivity contribution is 0.114. The number of piperazine rings is 1. The van der Waals surface area contributed by atoms with Crippen LogP contribution in [0.15, 0.2) is 18.2 Å². The van der Waals surface area contributed by atoms with E-state index in [4.69, 9.17) is 15.2 Å². The number of nitrogens with zero attached hydrogens (tertiary/aromatic N) is 2. The van der Waals surface area contributed by atoms with Crippen LogP contribution < -0.4 is 15.2 Å². The Morgan fingerprint density at radius 2 is 1.60 bits per heavy atom. The van der Waals surface area contributed by atoms with E-state index in [1.54, 1.807) is 14.2 Å².